The third-order valence-electron chi connectivity index (χ3n) is 3.70. The second-order valence-corrected chi connectivity index (χ2v) is 8.42. The Morgan fingerprint density at radius 3 is 2.44 bits per heavy atom. The van der Waals surface area contributed by atoms with Crippen molar-refractivity contribution in [2.75, 3.05) is 22.4 Å². The average molecular weight is 391 g/mol. The number of hydrogen-bond acceptors (Lipinski definition) is 4. The number of ether oxygens (including phenoxy) is 1. The standard InChI is InChI=1S/C20H26N2O4S/c1-16(2)26-19-12-7-9-17(15-19)21-20(23)13-8-14-22(27(3,24)25)18-10-5-4-6-11-18/h4-7,9-12,15-16H,8,13-14H2,1-3H3,(H,21,23). The number of carbonyl (C=O) groups excluding carboxylic acids is 1. The van der Waals surface area contributed by atoms with Gasteiger partial charge in [-0.2, -0.15) is 0 Å². The van der Waals surface area contributed by atoms with E-state index in [1.165, 1.54) is 10.6 Å². The van der Waals surface area contributed by atoms with Gasteiger partial charge in [0, 0.05) is 24.7 Å². The molecule has 0 aromatic heterocycles. The molecule has 0 bridgehead atoms. The molecule has 0 spiro atoms. The van der Waals surface area contributed by atoms with Gasteiger partial charge in [0.1, 0.15) is 5.75 Å². The molecule has 27 heavy (non-hydrogen) atoms. The fraction of sp³-hybridized carbons (Fsp3) is 0.350. The Morgan fingerprint density at radius 1 is 1.11 bits per heavy atom. The summed E-state index contributed by atoms with van der Waals surface area (Å²) in [4.78, 5) is 12.2. The highest BCUT2D eigenvalue weighted by atomic mass is 32.2. The van der Waals surface area contributed by atoms with Crippen molar-refractivity contribution in [2.45, 2.75) is 32.8 Å². The van der Waals surface area contributed by atoms with Crippen LogP contribution in [0.15, 0.2) is 54.6 Å². The predicted molar refractivity (Wildman–Crippen MR) is 109 cm³/mol. The quantitative estimate of drug-likeness (QED) is 0.709. The van der Waals surface area contributed by atoms with E-state index in [1.54, 1.807) is 36.4 Å². The lowest BCUT2D eigenvalue weighted by molar-refractivity contribution is -0.116. The zero-order chi connectivity index (χ0) is 19.9. The summed E-state index contributed by atoms with van der Waals surface area (Å²) >= 11 is 0. The van der Waals surface area contributed by atoms with Crippen molar-refractivity contribution < 1.29 is 17.9 Å². The van der Waals surface area contributed by atoms with E-state index in [0.29, 0.717) is 23.5 Å². The van der Waals surface area contributed by atoms with Gasteiger partial charge in [0.05, 0.1) is 18.0 Å². The molecule has 0 aliphatic rings. The third kappa shape index (κ3) is 6.94. The summed E-state index contributed by atoms with van der Waals surface area (Å²) in [5.41, 5.74) is 1.25. The van der Waals surface area contributed by atoms with Crippen molar-refractivity contribution in [3.63, 3.8) is 0 Å². The van der Waals surface area contributed by atoms with E-state index in [0.717, 1.165) is 0 Å². The Hall–Kier alpha value is -2.54. The molecule has 2 aromatic carbocycles. The van der Waals surface area contributed by atoms with E-state index < -0.39 is 10.0 Å². The number of nitrogens with one attached hydrogen (secondary N) is 1. The first kappa shape index (κ1) is 20.8. The summed E-state index contributed by atoms with van der Waals surface area (Å²) in [7, 11) is -3.41. The molecule has 0 atom stereocenters. The SMILES string of the molecule is CC(C)Oc1cccc(NC(=O)CCCN(c2ccccc2)S(C)(=O)=O)c1. The van der Waals surface area contributed by atoms with Gasteiger partial charge in [0.2, 0.25) is 15.9 Å². The molecule has 0 fully saturated rings. The van der Waals surface area contributed by atoms with E-state index in [1.807, 2.05) is 32.0 Å². The Morgan fingerprint density at radius 2 is 1.81 bits per heavy atom. The number of anilines is 2. The zero-order valence-electron chi connectivity index (χ0n) is 15.9. The molecule has 1 N–H and O–H groups in total. The minimum atomic E-state index is -3.41. The maximum Gasteiger partial charge on any atom is 0.232 e. The Balaban J connectivity index is 1.91. The van der Waals surface area contributed by atoms with Crippen LogP contribution in [-0.2, 0) is 14.8 Å². The van der Waals surface area contributed by atoms with Gasteiger partial charge in [0.15, 0.2) is 0 Å². The van der Waals surface area contributed by atoms with Crippen LogP contribution in [-0.4, -0.2) is 33.2 Å². The number of para-hydroxylation sites is 1. The van der Waals surface area contributed by atoms with Crippen LogP contribution >= 0.6 is 0 Å². The van der Waals surface area contributed by atoms with Crippen LogP contribution in [0.25, 0.3) is 0 Å². The number of benzene rings is 2. The number of nitrogens with zero attached hydrogens (tertiary/aromatic N) is 1. The highest BCUT2D eigenvalue weighted by Gasteiger charge is 2.17. The highest BCUT2D eigenvalue weighted by molar-refractivity contribution is 7.92. The average Bonchev–Trinajstić information content (AvgIpc) is 2.58. The van der Waals surface area contributed by atoms with Gasteiger partial charge in [-0.1, -0.05) is 24.3 Å². The molecule has 1 amide bonds. The largest absolute Gasteiger partial charge is 0.491 e. The summed E-state index contributed by atoms with van der Waals surface area (Å²) in [6.45, 7) is 4.11. The lowest BCUT2D eigenvalue weighted by Gasteiger charge is -2.22. The van der Waals surface area contributed by atoms with Crippen LogP contribution in [0.2, 0.25) is 0 Å². The number of amides is 1. The maximum atomic E-state index is 12.2. The molecule has 146 valence electrons. The van der Waals surface area contributed by atoms with E-state index in [4.69, 9.17) is 4.74 Å². The van der Waals surface area contributed by atoms with Crippen LogP contribution < -0.4 is 14.4 Å². The lowest BCUT2D eigenvalue weighted by atomic mass is 10.2. The first-order valence-electron chi connectivity index (χ1n) is 8.85. The summed E-state index contributed by atoms with van der Waals surface area (Å²) in [6.07, 6.45) is 1.85. The van der Waals surface area contributed by atoms with E-state index in [-0.39, 0.29) is 25.0 Å². The Bertz CT molecular complexity index is 851. The lowest BCUT2D eigenvalue weighted by Crippen LogP contribution is -2.31. The first-order chi connectivity index (χ1) is 12.8. The van der Waals surface area contributed by atoms with E-state index in [9.17, 15) is 13.2 Å². The van der Waals surface area contributed by atoms with Gasteiger partial charge in [-0.05, 0) is 44.5 Å². The highest BCUT2D eigenvalue weighted by Crippen LogP contribution is 2.20. The van der Waals surface area contributed by atoms with Crippen LogP contribution in [0, 0.1) is 0 Å². The number of sulfonamides is 1. The maximum absolute atomic E-state index is 12.2. The van der Waals surface area contributed by atoms with Gasteiger partial charge in [-0.3, -0.25) is 9.10 Å². The zero-order valence-corrected chi connectivity index (χ0v) is 16.7. The van der Waals surface area contributed by atoms with E-state index >= 15 is 0 Å². The minimum Gasteiger partial charge on any atom is -0.491 e. The number of carbonyl (C=O) groups is 1. The number of rotatable bonds is 9. The van der Waals surface area contributed by atoms with Gasteiger partial charge in [0.25, 0.3) is 0 Å². The second-order valence-electron chi connectivity index (χ2n) is 6.52. The van der Waals surface area contributed by atoms with Gasteiger partial charge < -0.3 is 10.1 Å². The molecule has 0 unspecified atom stereocenters. The molecule has 6 nitrogen and oxygen atoms in total. The van der Waals surface area contributed by atoms with Gasteiger partial charge >= 0.3 is 0 Å². The normalized spacial score (nSPS) is 11.3. The van der Waals surface area contributed by atoms with E-state index in [2.05, 4.69) is 5.32 Å². The Kier molecular flexibility index (Phi) is 7.24. The summed E-state index contributed by atoms with van der Waals surface area (Å²) in [5.74, 6) is 0.522. The van der Waals surface area contributed by atoms with Crippen LogP contribution in [0.1, 0.15) is 26.7 Å². The summed E-state index contributed by atoms with van der Waals surface area (Å²) in [5, 5.41) is 2.82. The minimum absolute atomic E-state index is 0.0518. The molecule has 0 aliphatic heterocycles. The monoisotopic (exact) mass is 390 g/mol. The topological polar surface area (TPSA) is 75.7 Å². The molecule has 0 saturated heterocycles. The second kappa shape index (κ2) is 9.41. The molecule has 2 rings (SSSR count). The van der Waals surface area contributed by atoms with Crippen LogP contribution in [0.4, 0.5) is 11.4 Å². The molecular weight excluding hydrogens is 364 g/mol. The van der Waals surface area contributed by atoms with Crippen molar-refractivity contribution in [1.29, 1.82) is 0 Å². The molecule has 2 aromatic rings. The van der Waals surface area contributed by atoms with Crippen LogP contribution in [0.5, 0.6) is 5.75 Å². The molecule has 0 aliphatic carbocycles. The molecule has 0 radical (unpaired) electrons. The van der Waals surface area contributed by atoms with Crippen molar-refractivity contribution in [2.24, 2.45) is 0 Å². The first-order valence-corrected chi connectivity index (χ1v) is 10.7. The summed E-state index contributed by atoms with van der Waals surface area (Å²) < 4.78 is 31.0. The molecular formula is C20H26N2O4S. The van der Waals surface area contributed by atoms with Crippen LogP contribution in [0.3, 0.4) is 0 Å². The third-order valence-corrected chi connectivity index (χ3v) is 4.89. The fourth-order valence-electron chi connectivity index (χ4n) is 2.61. The molecule has 7 heteroatoms. The summed E-state index contributed by atoms with van der Waals surface area (Å²) in [6, 6.07) is 16.1. The van der Waals surface area contributed by atoms with Gasteiger partial charge in [-0.25, -0.2) is 8.42 Å². The predicted octanol–water partition coefficient (Wildman–Crippen LogP) is 3.66. The van der Waals surface area contributed by atoms with Gasteiger partial charge in [-0.15, -0.1) is 0 Å². The van der Waals surface area contributed by atoms with Crippen molar-refractivity contribution in [1.82, 2.24) is 0 Å². The fourth-order valence-corrected chi connectivity index (χ4v) is 3.57. The molecule has 0 heterocycles. The smallest absolute Gasteiger partial charge is 0.232 e. The number of hydrogen-bond donors (Lipinski definition) is 1. The Labute approximate surface area is 161 Å². The van der Waals surface area contributed by atoms with Crippen molar-refractivity contribution in [3.05, 3.63) is 54.6 Å². The van der Waals surface area contributed by atoms with Crippen molar-refractivity contribution >= 4 is 27.3 Å². The van der Waals surface area contributed by atoms with Crippen molar-refractivity contribution in [3.8, 4) is 5.75 Å². The molecule has 0 saturated carbocycles.